The normalized spacial score (nSPS) is 10.8. The molecule has 0 saturated heterocycles. The highest BCUT2D eigenvalue weighted by atomic mass is 32.1. The molecule has 0 bridgehead atoms. The molecule has 1 aromatic heterocycles. The van der Waals surface area contributed by atoms with Gasteiger partial charge in [-0.3, -0.25) is 4.79 Å². The second-order valence-corrected chi connectivity index (χ2v) is 8.64. The van der Waals surface area contributed by atoms with Gasteiger partial charge in [0.15, 0.2) is 0 Å². The van der Waals surface area contributed by atoms with E-state index in [0.29, 0.717) is 88.1 Å². The summed E-state index contributed by atoms with van der Waals surface area (Å²) in [6.07, 6.45) is 0. The lowest BCUT2D eigenvalue weighted by molar-refractivity contribution is -0.363. The van der Waals surface area contributed by atoms with Gasteiger partial charge in [-0.05, 0) is 34.7 Å². The van der Waals surface area contributed by atoms with Crippen LogP contribution in [-0.4, -0.2) is 77.8 Å². The Balaban J connectivity index is 1.71. The van der Waals surface area contributed by atoms with E-state index in [9.17, 15) is 14.5 Å². The summed E-state index contributed by atoms with van der Waals surface area (Å²) in [4.78, 5) is 38.2. The Kier molecular flexibility index (Phi) is 14.2. The van der Waals surface area contributed by atoms with E-state index in [0.717, 1.165) is 11.3 Å². The molecule has 1 heterocycles. The second-order valence-electron chi connectivity index (χ2n) is 7.64. The smallest absolute Gasteiger partial charge is 0.341 e. The summed E-state index contributed by atoms with van der Waals surface area (Å²) in [6, 6.07) is 5.00. The highest BCUT2D eigenvalue weighted by Gasteiger charge is 2.21. The van der Waals surface area contributed by atoms with E-state index >= 15 is 0 Å². The van der Waals surface area contributed by atoms with Crippen LogP contribution in [0.2, 0.25) is 0 Å². The molecule has 204 valence electrons. The number of benzene rings is 1. The SMILES string of the molecule is CC(=O)Nc1cc(NCCOCCOCCOCCOCCN)ccc1C(=O)Nc1[nH+]c(C)c(N=O)s1. The monoisotopic (exact) mass is 539 g/mol. The summed E-state index contributed by atoms with van der Waals surface area (Å²) in [7, 11) is 0. The molecular formula is C23H35N6O7S+. The van der Waals surface area contributed by atoms with Gasteiger partial charge < -0.3 is 35.3 Å². The molecule has 0 radical (unpaired) electrons. The molecule has 13 nitrogen and oxygen atoms in total. The predicted octanol–water partition coefficient (Wildman–Crippen LogP) is 1.92. The fourth-order valence-corrected chi connectivity index (χ4v) is 3.78. The summed E-state index contributed by atoms with van der Waals surface area (Å²) >= 11 is 1.03. The minimum absolute atomic E-state index is 0.250. The highest BCUT2D eigenvalue weighted by molar-refractivity contribution is 7.19. The topological polar surface area (TPSA) is 177 Å². The molecule has 2 aromatic rings. The van der Waals surface area contributed by atoms with Crippen molar-refractivity contribution in [2.45, 2.75) is 13.8 Å². The number of nitrogens with zero attached hydrogens (tertiary/aromatic N) is 1. The van der Waals surface area contributed by atoms with Gasteiger partial charge in [0, 0.05) is 32.6 Å². The van der Waals surface area contributed by atoms with Gasteiger partial charge >= 0.3 is 11.0 Å². The van der Waals surface area contributed by atoms with Crippen molar-refractivity contribution >= 4 is 44.7 Å². The molecule has 0 atom stereocenters. The number of aromatic amines is 1. The maximum absolute atomic E-state index is 12.8. The number of carbonyl (C=O) groups excluding carboxylic acids is 2. The van der Waals surface area contributed by atoms with Gasteiger partial charge in [0.2, 0.25) is 10.9 Å². The van der Waals surface area contributed by atoms with E-state index < -0.39 is 5.91 Å². The van der Waals surface area contributed by atoms with Crippen LogP contribution in [0.4, 0.5) is 21.5 Å². The molecule has 0 spiro atoms. The van der Waals surface area contributed by atoms with Crippen molar-refractivity contribution in [3.63, 3.8) is 0 Å². The number of thiazole rings is 1. The fraction of sp³-hybridized carbons (Fsp3) is 0.522. The van der Waals surface area contributed by atoms with E-state index in [1.807, 2.05) is 0 Å². The van der Waals surface area contributed by atoms with Crippen molar-refractivity contribution in [1.29, 1.82) is 0 Å². The number of carbonyl (C=O) groups is 2. The third kappa shape index (κ3) is 11.7. The number of nitrogens with two attached hydrogens (primary N) is 1. The Morgan fingerprint density at radius 2 is 1.59 bits per heavy atom. The van der Waals surface area contributed by atoms with Gasteiger partial charge in [0.25, 0.3) is 0 Å². The largest absolute Gasteiger partial charge is 0.383 e. The quantitative estimate of drug-likeness (QED) is 0.153. The Hall–Kier alpha value is -3.01. The number of anilines is 3. The van der Waals surface area contributed by atoms with Crippen LogP contribution >= 0.6 is 11.3 Å². The Bertz CT molecular complexity index is 1000. The van der Waals surface area contributed by atoms with Crippen molar-refractivity contribution in [1.82, 2.24) is 0 Å². The molecule has 37 heavy (non-hydrogen) atoms. The first-order valence-electron chi connectivity index (χ1n) is 11.8. The van der Waals surface area contributed by atoms with E-state index in [1.54, 1.807) is 25.1 Å². The van der Waals surface area contributed by atoms with Crippen molar-refractivity contribution in [2.75, 3.05) is 81.9 Å². The van der Waals surface area contributed by atoms with Crippen molar-refractivity contribution in [3.05, 3.63) is 34.4 Å². The van der Waals surface area contributed by atoms with E-state index in [4.69, 9.17) is 24.7 Å². The molecule has 1 aromatic carbocycles. The lowest BCUT2D eigenvalue weighted by Crippen LogP contribution is -2.20. The van der Waals surface area contributed by atoms with Crippen LogP contribution in [0, 0.1) is 11.8 Å². The van der Waals surface area contributed by atoms with Crippen LogP contribution in [0.25, 0.3) is 0 Å². The first-order valence-corrected chi connectivity index (χ1v) is 12.6. The number of aryl methyl sites for hydroxylation is 1. The molecule has 0 aliphatic heterocycles. The Labute approximate surface area is 219 Å². The average molecular weight is 540 g/mol. The van der Waals surface area contributed by atoms with E-state index in [1.165, 1.54) is 6.92 Å². The van der Waals surface area contributed by atoms with Crippen LogP contribution in [0.1, 0.15) is 23.0 Å². The van der Waals surface area contributed by atoms with Gasteiger partial charge in [-0.2, -0.15) is 5.32 Å². The lowest BCUT2D eigenvalue weighted by atomic mass is 10.1. The summed E-state index contributed by atoms with van der Waals surface area (Å²) in [5.74, 6) is -0.759. The number of H-pyrrole nitrogens is 1. The van der Waals surface area contributed by atoms with Gasteiger partial charge in [-0.25, -0.2) is 9.78 Å². The summed E-state index contributed by atoms with van der Waals surface area (Å²) in [6.45, 7) is 7.92. The molecule has 14 heteroatoms. The van der Waals surface area contributed by atoms with Crippen molar-refractivity contribution < 1.29 is 33.5 Å². The minimum atomic E-state index is -0.445. The van der Waals surface area contributed by atoms with Gasteiger partial charge in [-0.15, -0.1) is 4.91 Å². The first-order chi connectivity index (χ1) is 17.9. The number of ether oxygens (including phenoxy) is 4. The number of nitroso groups, excluding NO2 is 1. The standard InChI is InChI=1S/C23H34N6O7S/c1-16-22(29-32)37-23(26-16)28-21(31)19-4-3-18(15-20(19)27-17(2)30)25-6-8-34-10-12-36-14-13-35-11-9-33-7-5-24/h3-4,15,25H,5-14,24H2,1-2H3,(H,27,30)(H,26,28,31)/p+1. The summed E-state index contributed by atoms with van der Waals surface area (Å²) in [5, 5.41) is 12.1. The zero-order valence-electron chi connectivity index (χ0n) is 21.1. The predicted molar refractivity (Wildman–Crippen MR) is 141 cm³/mol. The molecule has 6 N–H and O–H groups in total. The molecule has 2 amide bonds. The first kappa shape index (κ1) is 30.2. The van der Waals surface area contributed by atoms with Crippen molar-refractivity contribution in [3.8, 4) is 0 Å². The average Bonchev–Trinajstić information content (AvgIpc) is 3.22. The number of nitrogens with one attached hydrogen (secondary N) is 4. The molecule has 0 aliphatic rings. The molecule has 0 aliphatic carbocycles. The third-order valence-corrected chi connectivity index (χ3v) is 5.64. The van der Waals surface area contributed by atoms with Crippen LogP contribution in [0.5, 0.6) is 0 Å². The van der Waals surface area contributed by atoms with Gasteiger partial charge in [0.1, 0.15) is 5.69 Å². The lowest BCUT2D eigenvalue weighted by Gasteiger charge is -2.12. The zero-order chi connectivity index (χ0) is 26.9. The second kappa shape index (κ2) is 17.4. The van der Waals surface area contributed by atoms with Crippen molar-refractivity contribution in [2.24, 2.45) is 10.9 Å². The highest BCUT2D eigenvalue weighted by Crippen LogP contribution is 2.28. The maximum Gasteiger partial charge on any atom is 0.341 e. The Morgan fingerprint density at radius 1 is 0.973 bits per heavy atom. The molecule has 2 rings (SSSR count). The number of aromatic nitrogens is 1. The maximum atomic E-state index is 12.8. The number of hydrogen-bond donors (Lipinski definition) is 4. The van der Waals surface area contributed by atoms with Gasteiger partial charge in [-0.1, -0.05) is 0 Å². The van der Waals surface area contributed by atoms with Gasteiger partial charge in [0.05, 0.1) is 64.1 Å². The number of amides is 2. The third-order valence-electron chi connectivity index (χ3n) is 4.66. The van der Waals surface area contributed by atoms with Crippen LogP contribution in [0.3, 0.4) is 0 Å². The minimum Gasteiger partial charge on any atom is -0.383 e. The number of hydrogen-bond acceptors (Lipinski definition) is 11. The number of rotatable bonds is 19. The molecule has 0 fully saturated rings. The zero-order valence-corrected chi connectivity index (χ0v) is 21.9. The molecular weight excluding hydrogens is 504 g/mol. The molecule has 0 unspecified atom stereocenters. The van der Waals surface area contributed by atoms with E-state index in [2.05, 4.69) is 26.1 Å². The van der Waals surface area contributed by atoms with Crippen LogP contribution in [0.15, 0.2) is 23.4 Å². The summed E-state index contributed by atoms with van der Waals surface area (Å²) < 4.78 is 21.5. The van der Waals surface area contributed by atoms with E-state index in [-0.39, 0.29) is 16.5 Å². The summed E-state index contributed by atoms with van der Waals surface area (Å²) in [5.41, 5.74) is 7.20. The van der Waals surface area contributed by atoms with Crippen LogP contribution < -0.4 is 26.7 Å². The molecule has 0 saturated carbocycles. The fourth-order valence-electron chi connectivity index (χ4n) is 2.99. The Morgan fingerprint density at radius 3 is 2.16 bits per heavy atom. The van der Waals surface area contributed by atoms with Crippen LogP contribution in [-0.2, 0) is 23.7 Å².